The van der Waals surface area contributed by atoms with Crippen molar-refractivity contribution in [1.82, 2.24) is 0 Å². The number of halogens is 2. The molecule has 0 aliphatic carbocycles. The molecule has 1 aliphatic rings. The first kappa shape index (κ1) is 30.6. The highest BCUT2D eigenvalue weighted by Crippen LogP contribution is 2.41. The molecular weight excluding hydrogens is 607 g/mol. The molecule has 0 spiro atoms. The summed E-state index contributed by atoms with van der Waals surface area (Å²) in [6, 6.07) is 20.6. The summed E-state index contributed by atoms with van der Waals surface area (Å²) >= 11 is 8.91. The molecule has 0 unspecified atom stereocenters. The Hall–Kier alpha value is -0.923. The van der Waals surface area contributed by atoms with Crippen LogP contribution in [0, 0.1) is 5.92 Å². The summed E-state index contributed by atoms with van der Waals surface area (Å²) in [6.45, 7) is 15.0. The Kier molecular flexibility index (Phi) is 11.5. The van der Waals surface area contributed by atoms with Crippen molar-refractivity contribution >= 4 is 52.9 Å². The molecule has 0 radical (unpaired) electrons. The highest BCUT2D eigenvalue weighted by atomic mass is 127. The van der Waals surface area contributed by atoms with Crippen LogP contribution in [0.3, 0.4) is 0 Å². The Balaban J connectivity index is 1.51. The van der Waals surface area contributed by atoms with E-state index in [4.69, 9.17) is 16.3 Å². The second-order valence-electron chi connectivity index (χ2n) is 11.4. The van der Waals surface area contributed by atoms with Crippen molar-refractivity contribution in [3.05, 3.63) is 83.0 Å². The third-order valence-corrected chi connectivity index (χ3v) is 14.1. The van der Waals surface area contributed by atoms with Crippen LogP contribution in [0.25, 0.3) is 0 Å². The minimum absolute atomic E-state index is 0.134. The van der Waals surface area contributed by atoms with Crippen LogP contribution in [0.4, 0.5) is 0 Å². The van der Waals surface area contributed by atoms with Crippen molar-refractivity contribution in [3.8, 4) is 0 Å². The summed E-state index contributed by atoms with van der Waals surface area (Å²) < 4.78 is 7.56. The maximum Gasteiger partial charge on any atom is 0.258 e. The van der Waals surface area contributed by atoms with Crippen molar-refractivity contribution in [3.63, 3.8) is 0 Å². The molecule has 2 nitrogen and oxygen atoms in total. The number of allylic oxidation sites excluding steroid dienone is 1. The van der Waals surface area contributed by atoms with Gasteiger partial charge in [0.05, 0.1) is 12.2 Å². The third-order valence-electron chi connectivity index (χ3n) is 8.13. The van der Waals surface area contributed by atoms with E-state index in [1.165, 1.54) is 9.15 Å². The summed E-state index contributed by atoms with van der Waals surface area (Å²) in [5.74, 6) is 0.442. The summed E-state index contributed by atoms with van der Waals surface area (Å²) in [7, 11) is -2.94. The van der Waals surface area contributed by atoms with Crippen LogP contribution in [0.5, 0.6) is 0 Å². The SMILES string of the molecule is C=C(I)[C@H](C)C[C@@H](Cl)CC[C@@H]1O[C@@H](CCCCC(C)(C)[Si](O)(c2ccccc2)c2ccccc2)CC1=C. The molecule has 37 heavy (non-hydrogen) atoms. The first-order valence-corrected chi connectivity index (χ1v) is 17.2. The smallest absolute Gasteiger partial charge is 0.258 e. The molecule has 0 amide bonds. The van der Waals surface area contributed by atoms with Gasteiger partial charge in [0.1, 0.15) is 0 Å². The quantitative estimate of drug-likeness (QED) is 0.0735. The number of alkyl halides is 1. The second-order valence-corrected chi connectivity index (χ2v) is 17.4. The average Bonchev–Trinajstić information content (AvgIpc) is 3.24. The molecule has 3 rings (SSSR count). The maximum atomic E-state index is 12.3. The van der Waals surface area contributed by atoms with Crippen molar-refractivity contribution in [2.45, 2.75) is 94.8 Å². The summed E-state index contributed by atoms with van der Waals surface area (Å²) in [6.07, 6.45) is 8.38. The topological polar surface area (TPSA) is 29.5 Å². The van der Waals surface area contributed by atoms with E-state index in [1.54, 1.807) is 0 Å². The van der Waals surface area contributed by atoms with Crippen LogP contribution in [0.15, 0.2) is 83.0 Å². The molecule has 2 aromatic carbocycles. The van der Waals surface area contributed by atoms with Gasteiger partial charge in [0.2, 0.25) is 0 Å². The highest BCUT2D eigenvalue weighted by Gasteiger charge is 2.49. The van der Waals surface area contributed by atoms with Crippen molar-refractivity contribution in [1.29, 1.82) is 0 Å². The molecule has 4 atom stereocenters. The molecule has 1 heterocycles. The standard InChI is InChI=1S/C32H44ClIO2Si/c1-24(26(3)34)22-27(33)19-20-31-25(2)23-28(36-31)14-12-13-21-32(4,5)37(35,29-15-8-6-9-16-29)30-17-10-7-11-18-30/h6-11,15-18,24,27-28,31,35H,2-3,12-14,19-23H2,1,4-5H3/t24-,27+,28+,31+/m1/s1. The molecule has 0 aromatic heterocycles. The fourth-order valence-corrected chi connectivity index (χ4v) is 10.1. The van der Waals surface area contributed by atoms with E-state index >= 15 is 0 Å². The highest BCUT2D eigenvalue weighted by molar-refractivity contribution is 14.1. The number of hydrogen-bond donors (Lipinski definition) is 1. The van der Waals surface area contributed by atoms with Gasteiger partial charge in [-0.15, -0.1) is 11.6 Å². The lowest BCUT2D eigenvalue weighted by molar-refractivity contribution is 0.0405. The van der Waals surface area contributed by atoms with Crippen molar-refractivity contribution in [2.24, 2.45) is 5.92 Å². The Morgan fingerprint density at radius 3 is 2.19 bits per heavy atom. The van der Waals surface area contributed by atoms with Gasteiger partial charge in [-0.2, -0.15) is 0 Å². The zero-order chi connectivity index (χ0) is 27.1. The molecule has 0 bridgehead atoms. The molecule has 5 heteroatoms. The third kappa shape index (κ3) is 8.04. The van der Waals surface area contributed by atoms with Crippen molar-refractivity contribution < 1.29 is 9.53 Å². The van der Waals surface area contributed by atoms with Crippen molar-refractivity contribution in [2.75, 3.05) is 0 Å². The van der Waals surface area contributed by atoms with E-state index < -0.39 is 8.32 Å². The van der Waals surface area contributed by atoms with Crippen LogP contribution in [-0.4, -0.2) is 30.7 Å². The van der Waals surface area contributed by atoms with E-state index in [9.17, 15) is 4.80 Å². The maximum absolute atomic E-state index is 12.3. The van der Waals surface area contributed by atoms with Gasteiger partial charge in [0.15, 0.2) is 0 Å². The van der Waals surface area contributed by atoms with E-state index in [2.05, 4.69) is 80.8 Å². The normalized spacial score (nSPS) is 20.1. The van der Waals surface area contributed by atoms with Gasteiger partial charge in [-0.3, -0.25) is 0 Å². The summed E-state index contributed by atoms with van der Waals surface area (Å²) in [5.41, 5.74) is 1.22. The lowest BCUT2D eigenvalue weighted by Crippen LogP contribution is -2.65. The Morgan fingerprint density at radius 1 is 1.08 bits per heavy atom. The Morgan fingerprint density at radius 2 is 1.65 bits per heavy atom. The average molecular weight is 651 g/mol. The van der Waals surface area contributed by atoms with Crippen LogP contribution in [0.1, 0.15) is 72.1 Å². The molecule has 2 aromatic rings. The van der Waals surface area contributed by atoms with Crippen LogP contribution < -0.4 is 10.4 Å². The van der Waals surface area contributed by atoms with Crippen LogP contribution in [0.2, 0.25) is 5.04 Å². The summed E-state index contributed by atoms with van der Waals surface area (Å²) in [5, 5.41) is 2.11. The molecule has 1 saturated heterocycles. The molecule has 1 N–H and O–H groups in total. The lowest BCUT2D eigenvalue weighted by Gasteiger charge is -2.41. The van der Waals surface area contributed by atoms with Gasteiger partial charge < -0.3 is 9.53 Å². The van der Waals surface area contributed by atoms with Crippen LogP contribution in [-0.2, 0) is 4.74 Å². The number of ether oxygens (including phenoxy) is 1. The largest absolute Gasteiger partial charge is 0.424 e. The molecule has 202 valence electrons. The van der Waals surface area contributed by atoms with Crippen LogP contribution >= 0.6 is 34.2 Å². The predicted octanol–water partition coefficient (Wildman–Crippen LogP) is 8.16. The minimum Gasteiger partial charge on any atom is -0.424 e. The number of unbranched alkanes of at least 4 members (excludes halogenated alkanes) is 1. The zero-order valence-corrected chi connectivity index (χ0v) is 26.7. The second kappa shape index (κ2) is 13.9. The molecular formula is C32H44ClIO2Si. The van der Waals surface area contributed by atoms with Gasteiger partial charge in [-0.25, -0.2) is 0 Å². The monoisotopic (exact) mass is 650 g/mol. The number of rotatable bonds is 14. The molecule has 1 aliphatic heterocycles. The van der Waals surface area contributed by atoms with Gasteiger partial charge in [0.25, 0.3) is 8.32 Å². The predicted molar refractivity (Wildman–Crippen MR) is 171 cm³/mol. The fraction of sp³-hybridized carbons (Fsp3) is 0.500. The van der Waals surface area contributed by atoms with Gasteiger partial charge in [-0.1, -0.05) is 107 Å². The van der Waals surface area contributed by atoms with E-state index in [0.717, 1.165) is 61.7 Å². The Bertz CT molecular complexity index is 970. The van der Waals surface area contributed by atoms with Gasteiger partial charge in [0, 0.05) is 5.38 Å². The zero-order valence-electron chi connectivity index (χ0n) is 22.8. The minimum atomic E-state index is -2.94. The number of benzene rings is 2. The van der Waals surface area contributed by atoms with E-state index in [-0.39, 0.29) is 22.6 Å². The molecule has 0 saturated carbocycles. The lowest BCUT2D eigenvalue weighted by atomic mass is 9.98. The first-order chi connectivity index (χ1) is 17.5. The van der Waals surface area contributed by atoms with Gasteiger partial charge in [-0.05, 0) is 91.6 Å². The molecule has 1 fully saturated rings. The fourth-order valence-electron chi connectivity index (χ4n) is 5.63. The van der Waals surface area contributed by atoms with E-state index in [1.807, 2.05) is 36.4 Å². The first-order valence-electron chi connectivity index (χ1n) is 13.7. The summed E-state index contributed by atoms with van der Waals surface area (Å²) in [4.78, 5) is 12.3. The van der Waals surface area contributed by atoms with Gasteiger partial charge >= 0.3 is 0 Å². The van der Waals surface area contributed by atoms with E-state index in [0.29, 0.717) is 5.92 Å². The Labute approximate surface area is 244 Å². The number of hydrogen-bond acceptors (Lipinski definition) is 2.